The number of aliphatic hydroxyl groups excluding tert-OH is 4. The molecule has 0 bridgehead atoms. The number of hydrogen-bond donors (Lipinski definition) is 9. The van der Waals surface area contributed by atoms with E-state index in [0.29, 0.717) is 19.4 Å². The number of rotatable bonds is 7. The highest BCUT2D eigenvalue weighted by molar-refractivity contribution is 5.75. The van der Waals surface area contributed by atoms with E-state index in [1.165, 1.54) is 0 Å². The van der Waals surface area contributed by atoms with E-state index in [4.69, 9.17) is 42.7 Å². The number of hydrogen-bond acceptors (Lipinski definition) is 9. The average Bonchev–Trinajstić information content (AvgIpc) is 2.76. The number of nitrogens with zero attached hydrogens (tertiary/aromatic N) is 1. The molecule has 0 radical (unpaired) electrons. The normalized spacial score (nSPS) is 30.2. The van der Waals surface area contributed by atoms with Gasteiger partial charge in [0.15, 0.2) is 5.96 Å². The van der Waals surface area contributed by atoms with Crippen LogP contribution in [0.1, 0.15) is 12.8 Å². The molecule has 0 aromatic heterocycles. The maximum atomic E-state index is 10.2. The van der Waals surface area contributed by atoms with Crippen molar-refractivity contribution < 1.29 is 40.2 Å². The van der Waals surface area contributed by atoms with Gasteiger partial charge in [-0.1, -0.05) is 0 Å². The maximum absolute atomic E-state index is 10.2. The number of carbonyl (C=O) groups is 1. The van der Waals surface area contributed by atoms with Crippen molar-refractivity contribution in [2.24, 2.45) is 22.2 Å². The second-order valence-corrected chi connectivity index (χ2v) is 5.17. The fourth-order valence-electron chi connectivity index (χ4n) is 1.79. The predicted molar refractivity (Wildman–Crippen MR) is 81.5 cm³/mol. The van der Waals surface area contributed by atoms with Gasteiger partial charge in [-0.2, -0.15) is 0 Å². The Balaban J connectivity index is 0.000000441. The van der Waals surface area contributed by atoms with Crippen molar-refractivity contribution in [1.82, 2.24) is 0 Å². The molecule has 0 aliphatic carbocycles. The van der Waals surface area contributed by atoms with Crippen LogP contribution < -0.4 is 17.2 Å². The number of carboxylic acids is 1. The lowest BCUT2D eigenvalue weighted by Crippen LogP contribution is -2.46. The van der Waals surface area contributed by atoms with Crippen molar-refractivity contribution in [2.75, 3.05) is 19.8 Å². The molecule has 24 heavy (non-hydrogen) atoms. The maximum Gasteiger partial charge on any atom is 0.320 e. The van der Waals surface area contributed by atoms with E-state index in [1.54, 1.807) is 0 Å². The van der Waals surface area contributed by atoms with Crippen LogP contribution in [0.15, 0.2) is 4.99 Å². The van der Waals surface area contributed by atoms with Gasteiger partial charge in [0.05, 0.1) is 13.2 Å². The fraction of sp³-hybridized carbons (Fsp3) is 0.833. The van der Waals surface area contributed by atoms with E-state index in [-0.39, 0.29) is 5.96 Å². The summed E-state index contributed by atoms with van der Waals surface area (Å²) in [7, 11) is 0. The second kappa shape index (κ2) is 10.4. The van der Waals surface area contributed by atoms with Gasteiger partial charge in [0.25, 0.3) is 0 Å². The first kappa shape index (κ1) is 22.5. The molecule has 1 aliphatic rings. The van der Waals surface area contributed by atoms with Crippen molar-refractivity contribution in [3.05, 3.63) is 0 Å². The minimum Gasteiger partial charge on any atom is -0.480 e. The molecule has 1 saturated heterocycles. The molecule has 0 amide bonds. The van der Waals surface area contributed by atoms with Gasteiger partial charge in [-0.3, -0.25) is 9.79 Å². The SMILES string of the molecule is NC(N)=NCCCC(N)C(=O)O.OCC1O[C@@](O)(CO)C(O)C1O. The Bertz CT molecular complexity index is 420. The molecule has 0 aromatic rings. The first-order chi connectivity index (χ1) is 11.1. The average molecular weight is 354 g/mol. The highest BCUT2D eigenvalue weighted by Crippen LogP contribution is 2.28. The van der Waals surface area contributed by atoms with E-state index >= 15 is 0 Å². The Morgan fingerprint density at radius 2 is 1.88 bits per heavy atom. The summed E-state index contributed by atoms with van der Waals surface area (Å²) in [6.45, 7) is -0.939. The Kier molecular flexibility index (Phi) is 9.69. The van der Waals surface area contributed by atoms with Gasteiger partial charge in [0, 0.05) is 6.54 Å². The molecule has 1 heterocycles. The summed E-state index contributed by atoms with van der Waals surface area (Å²) >= 11 is 0. The van der Waals surface area contributed by atoms with Crippen LogP contribution in [0, 0.1) is 0 Å². The lowest BCUT2D eigenvalue weighted by atomic mass is 10.1. The van der Waals surface area contributed by atoms with Crippen LogP contribution in [-0.4, -0.2) is 92.5 Å². The summed E-state index contributed by atoms with van der Waals surface area (Å²) in [5.74, 6) is -3.15. The van der Waals surface area contributed by atoms with E-state index in [2.05, 4.69) is 9.73 Å². The molecule has 0 saturated carbocycles. The van der Waals surface area contributed by atoms with Crippen LogP contribution in [-0.2, 0) is 9.53 Å². The number of aliphatic imine (C=N–C) groups is 1. The Hall–Kier alpha value is -1.54. The molecular weight excluding hydrogens is 328 g/mol. The zero-order valence-corrected chi connectivity index (χ0v) is 13.0. The molecule has 1 fully saturated rings. The van der Waals surface area contributed by atoms with Gasteiger partial charge in [-0.25, -0.2) is 0 Å². The van der Waals surface area contributed by atoms with Crippen molar-refractivity contribution >= 4 is 11.9 Å². The van der Waals surface area contributed by atoms with Crippen LogP contribution >= 0.6 is 0 Å². The molecule has 1 rings (SSSR count). The largest absolute Gasteiger partial charge is 0.480 e. The van der Waals surface area contributed by atoms with Gasteiger partial charge < -0.3 is 52.6 Å². The first-order valence-corrected chi connectivity index (χ1v) is 7.10. The highest BCUT2D eigenvalue weighted by Gasteiger charge is 2.52. The predicted octanol–water partition coefficient (Wildman–Crippen LogP) is -4.77. The van der Waals surface area contributed by atoms with E-state index in [9.17, 15) is 9.90 Å². The molecular formula is C12H26N4O8. The minimum atomic E-state index is -2.16. The molecule has 4 unspecified atom stereocenters. The smallest absolute Gasteiger partial charge is 0.320 e. The van der Waals surface area contributed by atoms with E-state index in [0.717, 1.165) is 0 Å². The summed E-state index contributed by atoms with van der Waals surface area (Å²) < 4.78 is 4.63. The van der Waals surface area contributed by atoms with Crippen LogP contribution in [0.2, 0.25) is 0 Å². The molecule has 142 valence electrons. The summed E-state index contributed by atoms with van der Waals surface area (Å²) in [6, 6.07) is -0.820. The van der Waals surface area contributed by atoms with Gasteiger partial charge in [0.2, 0.25) is 5.79 Å². The topological polar surface area (TPSA) is 238 Å². The number of guanidine groups is 1. The summed E-state index contributed by atoms with van der Waals surface area (Å²) in [5.41, 5.74) is 15.3. The van der Waals surface area contributed by atoms with Crippen LogP contribution in [0.25, 0.3) is 0 Å². The number of nitrogens with two attached hydrogens (primary N) is 3. The van der Waals surface area contributed by atoms with E-state index < -0.39 is 49.3 Å². The Labute approximate surface area is 138 Å². The molecule has 0 aromatic carbocycles. The molecule has 12 N–H and O–H groups in total. The minimum absolute atomic E-state index is 0.0129. The van der Waals surface area contributed by atoms with Crippen LogP contribution in [0.3, 0.4) is 0 Å². The number of ether oxygens (including phenoxy) is 1. The first-order valence-electron chi connectivity index (χ1n) is 7.10. The summed E-state index contributed by atoms with van der Waals surface area (Å²) in [6.07, 6.45) is -3.08. The Morgan fingerprint density at radius 1 is 1.29 bits per heavy atom. The standard InChI is InChI=1S/C6H14N4O2.C6H12O6/c7-4(5(11)12)2-1-3-10-6(8)9;7-1-3-4(9)5(10)6(11,2-8)12-3/h4H,1-3,7H2,(H,11,12)(H4,8,9,10);3-5,7-11H,1-2H2/t;3?,4?,5?,6-/m.0/s1. The fourth-order valence-corrected chi connectivity index (χ4v) is 1.79. The highest BCUT2D eigenvalue weighted by atomic mass is 16.7. The second-order valence-electron chi connectivity index (χ2n) is 5.17. The third-order valence-corrected chi connectivity index (χ3v) is 3.21. The zero-order valence-electron chi connectivity index (χ0n) is 13.0. The third-order valence-electron chi connectivity index (χ3n) is 3.21. The van der Waals surface area contributed by atoms with Crippen molar-refractivity contribution in [2.45, 2.75) is 43.0 Å². The van der Waals surface area contributed by atoms with Crippen LogP contribution in [0.4, 0.5) is 0 Å². The number of aliphatic hydroxyl groups is 5. The number of aliphatic carboxylic acids is 1. The van der Waals surface area contributed by atoms with Gasteiger partial charge >= 0.3 is 5.97 Å². The Morgan fingerprint density at radius 3 is 2.21 bits per heavy atom. The van der Waals surface area contributed by atoms with Crippen molar-refractivity contribution in [1.29, 1.82) is 0 Å². The van der Waals surface area contributed by atoms with E-state index in [1.807, 2.05) is 0 Å². The monoisotopic (exact) mass is 354 g/mol. The van der Waals surface area contributed by atoms with Gasteiger partial charge in [0.1, 0.15) is 24.4 Å². The number of carboxylic acid groups (broad SMARTS) is 1. The van der Waals surface area contributed by atoms with Crippen molar-refractivity contribution in [3.63, 3.8) is 0 Å². The van der Waals surface area contributed by atoms with Gasteiger partial charge in [-0.15, -0.1) is 0 Å². The third kappa shape index (κ3) is 6.92. The van der Waals surface area contributed by atoms with Gasteiger partial charge in [-0.05, 0) is 12.8 Å². The molecule has 5 atom stereocenters. The lowest BCUT2D eigenvalue weighted by molar-refractivity contribution is -0.248. The molecule has 1 aliphatic heterocycles. The summed E-state index contributed by atoms with van der Waals surface area (Å²) in [4.78, 5) is 13.9. The summed E-state index contributed by atoms with van der Waals surface area (Å²) in [5, 5.41) is 53.1. The molecule has 12 heteroatoms. The molecule has 0 spiro atoms. The zero-order chi connectivity index (χ0) is 18.9. The quantitative estimate of drug-likeness (QED) is 0.119. The molecule has 12 nitrogen and oxygen atoms in total. The van der Waals surface area contributed by atoms with Crippen LogP contribution in [0.5, 0.6) is 0 Å². The van der Waals surface area contributed by atoms with Crippen molar-refractivity contribution in [3.8, 4) is 0 Å². The lowest BCUT2D eigenvalue weighted by Gasteiger charge is -2.22.